The first-order chi connectivity index (χ1) is 3.30. The van der Waals surface area contributed by atoms with Crippen molar-refractivity contribution >= 4 is 12.4 Å². The van der Waals surface area contributed by atoms with Gasteiger partial charge in [-0.1, -0.05) is 0 Å². The Hall–Kier alpha value is -0.700. The molecule has 0 atom stereocenters. The molecule has 1 aromatic heterocycles. The van der Waals surface area contributed by atoms with E-state index in [9.17, 15) is 0 Å². The summed E-state index contributed by atoms with van der Waals surface area (Å²) in [5, 5.41) is 8.61. The lowest BCUT2D eigenvalue weighted by Gasteiger charge is -1.86. The molecule has 46 valence electrons. The Morgan fingerprint density at radius 1 is 1.75 bits per heavy atom. The second kappa shape index (κ2) is 2.57. The van der Waals surface area contributed by atoms with Gasteiger partial charge in [-0.25, -0.2) is 4.98 Å². The molecule has 0 saturated heterocycles. The van der Waals surface area contributed by atoms with Crippen LogP contribution in [-0.4, -0.2) is 14.9 Å². The van der Waals surface area contributed by atoms with Gasteiger partial charge in [0.1, 0.15) is 5.82 Å². The van der Waals surface area contributed by atoms with E-state index in [0.717, 1.165) is 4.73 Å². The van der Waals surface area contributed by atoms with Gasteiger partial charge < -0.3 is 5.21 Å². The van der Waals surface area contributed by atoms with Crippen molar-refractivity contribution in [1.29, 1.82) is 0 Å². The Labute approximate surface area is 53.3 Å². The van der Waals surface area contributed by atoms with Gasteiger partial charge in [-0.05, 0) is 6.92 Å². The zero-order chi connectivity index (χ0) is 5.28. The molecule has 0 radical (unpaired) electrons. The smallest absolute Gasteiger partial charge is 0.141 e. The molecular weight excluding hydrogens is 128 g/mol. The van der Waals surface area contributed by atoms with Crippen LogP contribution in [0.1, 0.15) is 5.82 Å². The number of nitrogens with zero attached hydrogens (tertiary/aromatic N) is 2. The maximum Gasteiger partial charge on any atom is 0.141 e. The van der Waals surface area contributed by atoms with E-state index in [2.05, 4.69) is 4.98 Å². The van der Waals surface area contributed by atoms with Crippen LogP contribution in [0, 0.1) is 6.92 Å². The van der Waals surface area contributed by atoms with E-state index in [1.165, 1.54) is 12.4 Å². The van der Waals surface area contributed by atoms with Gasteiger partial charge in [-0.2, -0.15) is 4.73 Å². The van der Waals surface area contributed by atoms with E-state index < -0.39 is 0 Å². The van der Waals surface area contributed by atoms with Gasteiger partial charge >= 0.3 is 0 Å². The molecule has 1 rings (SSSR count). The minimum atomic E-state index is 0. The van der Waals surface area contributed by atoms with Crippen LogP contribution in [0.15, 0.2) is 12.4 Å². The minimum absolute atomic E-state index is 0. The van der Waals surface area contributed by atoms with Gasteiger partial charge in [0.25, 0.3) is 0 Å². The Balaban J connectivity index is 0.000000490. The van der Waals surface area contributed by atoms with E-state index in [1.807, 2.05) is 0 Å². The van der Waals surface area contributed by atoms with E-state index in [1.54, 1.807) is 6.92 Å². The Morgan fingerprint density at radius 2 is 2.38 bits per heavy atom. The van der Waals surface area contributed by atoms with Gasteiger partial charge in [0.2, 0.25) is 0 Å². The number of halogens is 1. The second-order valence-corrected chi connectivity index (χ2v) is 1.32. The highest BCUT2D eigenvalue weighted by Gasteiger charge is 1.86. The zero-order valence-corrected chi connectivity index (χ0v) is 5.22. The SMILES string of the molecule is Cc1nccn1O.Cl. The zero-order valence-electron chi connectivity index (χ0n) is 4.40. The van der Waals surface area contributed by atoms with Crippen LogP contribution in [-0.2, 0) is 0 Å². The Bertz CT molecular complexity index is 146. The first kappa shape index (κ1) is 7.30. The first-order valence-electron chi connectivity index (χ1n) is 2.00. The molecule has 0 saturated carbocycles. The van der Waals surface area contributed by atoms with E-state index in [-0.39, 0.29) is 12.4 Å². The van der Waals surface area contributed by atoms with Crippen LogP contribution < -0.4 is 0 Å². The quantitative estimate of drug-likeness (QED) is 0.535. The molecule has 0 amide bonds. The summed E-state index contributed by atoms with van der Waals surface area (Å²) in [7, 11) is 0. The molecule has 4 heteroatoms. The van der Waals surface area contributed by atoms with E-state index in [4.69, 9.17) is 5.21 Å². The molecule has 1 aromatic rings. The predicted octanol–water partition coefficient (Wildman–Crippen LogP) is 0.851. The predicted molar refractivity (Wildman–Crippen MR) is 31.4 cm³/mol. The number of hydrogen-bond donors (Lipinski definition) is 1. The average molecular weight is 135 g/mol. The molecule has 0 aliphatic carbocycles. The summed E-state index contributed by atoms with van der Waals surface area (Å²) >= 11 is 0. The van der Waals surface area contributed by atoms with Crippen molar-refractivity contribution in [3.05, 3.63) is 18.2 Å². The summed E-state index contributed by atoms with van der Waals surface area (Å²) in [6, 6.07) is 0. The molecule has 0 bridgehead atoms. The van der Waals surface area contributed by atoms with Crippen molar-refractivity contribution in [3.63, 3.8) is 0 Å². The van der Waals surface area contributed by atoms with Crippen LogP contribution in [0.3, 0.4) is 0 Å². The largest absolute Gasteiger partial charge is 0.427 e. The van der Waals surface area contributed by atoms with Crippen molar-refractivity contribution < 1.29 is 5.21 Å². The average Bonchev–Trinajstić information content (AvgIpc) is 1.91. The molecule has 0 spiro atoms. The molecule has 0 aliphatic heterocycles. The van der Waals surface area contributed by atoms with Gasteiger partial charge in [0.05, 0.1) is 6.20 Å². The number of rotatable bonds is 0. The van der Waals surface area contributed by atoms with Crippen LogP contribution in [0.5, 0.6) is 0 Å². The van der Waals surface area contributed by atoms with E-state index >= 15 is 0 Å². The molecule has 0 unspecified atom stereocenters. The standard InChI is InChI=1S/C4H6N2O.ClH/c1-4-5-2-3-6(4)7;/h2-3,7H,1H3;1H. The van der Waals surface area contributed by atoms with Crippen molar-refractivity contribution in [2.24, 2.45) is 0 Å². The summed E-state index contributed by atoms with van der Waals surface area (Å²) in [4.78, 5) is 3.73. The number of hydrogen-bond acceptors (Lipinski definition) is 2. The van der Waals surface area contributed by atoms with Crippen molar-refractivity contribution in [3.8, 4) is 0 Å². The fourth-order valence-corrected chi connectivity index (χ4v) is 0.371. The molecule has 1 N–H and O–H groups in total. The van der Waals surface area contributed by atoms with Gasteiger partial charge in [-0.15, -0.1) is 12.4 Å². The molecular formula is C4H7ClN2O. The van der Waals surface area contributed by atoms with Gasteiger partial charge in [0.15, 0.2) is 0 Å². The van der Waals surface area contributed by atoms with Crippen molar-refractivity contribution in [2.75, 3.05) is 0 Å². The summed E-state index contributed by atoms with van der Waals surface area (Å²) in [5.74, 6) is 0.611. The van der Waals surface area contributed by atoms with Crippen LogP contribution in [0.2, 0.25) is 0 Å². The van der Waals surface area contributed by atoms with Crippen LogP contribution in [0.4, 0.5) is 0 Å². The first-order valence-corrected chi connectivity index (χ1v) is 2.00. The summed E-state index contributed by atoms with van der Waals surface area (Å²) in [5.41, 5.74) is 0. The monoisotopic (exact) mass is 134 g/mol. The molecule has 0 aromatic carbocycles. The lowest BCUT2D eigenvalue weighted by Crippen LogP contribution is -1.89. The highest BCUT2D eigenvalue weighted by Crippen LogP contribution is 1.86. The fraction of sp³-hybridized carbons (Fsp3) is 0.250. The summed E-state index contributed by atoms with van der Waals surface area (Å²) in [6.45, 7) is 1.72. The summed E-state index contributed by atoms with van der Waals surface area (Å²) < 4.78 is 0.972. The molecule has 1 heterocycles. The molecule has 0 fully saturated rings. The van der Waals surface area contributed by atoms with Gasteiger partial charge in [0, 0.05) is 6.20 Å². The van der Waals surface area contributed by atoms with Crippen molar-refractivity contribution in [1.82, 2.24) is 9.71 Å². The van der Waals surface area contributed by atoms with E-state index in [0.29, 0.717) is 5.82 Å². The topological polar surface area (TPSA) is 38.0 Å². The molecule has 3 nitrogen and oxygen atoms in total. The fourth-order valence-electron chi connectivity index (χ4n) is 0.371. The lowest BCUT2D eigenvalue weighted by molar-refractivity contribution is 0.179. The number of aromatic nitrogens is 2. The second-order valence-electron chi connectivity index (χ2n) is 1.32. The highest BCUT2D eigenvalue weighted by atomic mass is 35.5. The number of imidazole rings is 1. The van der Waals surface area contributed by atoms with Gasteiger partial charge in [-0.3, -0.25) is 0 Å². The van der Waals surface area contributed by atoms with Crippen molar-refractivity contribution in [2.45, 2.75) is 6.92 Å². The van der Waals surface area contributed by atoms with Crippen LogP contribution >= 0.6 is 12.4 Å². The Kier molecular flexibility index (Phi) is 2.34. The normalized spacial score (nSPS) is 8.12. The number of aryl methyl sites for hydroxylation is 1. The third kappa shape index (κ3) is 1.13. The third-order valence-electron chi connectivity index (χ3n) is 0.801. The third-order valence-corrected chi connectivity index (χ3v) is 0.801. The maximum atomic E-state index is 8.61. The lowest BCUT2D eigenvalue weighted by atomic mass is 10.7. The van der Waals surface area contributed by atoms with Crippen LogP contribution in [0.25, 0.3) is 0 Å². The maximum absolute atomic E-state index is 8.61. The molecule has 8 heavy (non-hydrogen) atoms. The molecule has 0 aliphatic rings. The Morgan fingerprint density at radius 3 is 2.50 bits per heavy atom. The highest BCUT2D eigenvalue weighted by molar-refractivity contribution is 5.85. The minimum Gasteiger partial charge on any atom is -0.427 e. The summed E-state index contributed by atoms with van der Waals surface area (Å²) in [6.07, 6.45) is 3.02.